The molecule has 0 amide bonds. The van der Waals surface area contributed by atoms with Crippen LogP contribution in [0.3, 0.4) is 0 Å². The number of halogens is 1. The Morgan fingerprint density at radius 1 is 1.15 bits per heavy atom. The second kappa shape index (κ2) is 3.71. The lowest BCUT2D eigenvalue weighted by molar-refractivity contribution is 0.627. The van der Waals surface area contributed by atoms with Gasteiger partial charge in [-0.05, 0) is 41.1 Å². The van der Waals surface area contributed by atoms with Gasteiger partial charge in [0.25, 0.3) is 0 Å². The predicted molar refractivity (Wildman–Crippen MR) is 52.4 cm³/mol. The minimum atomic E-state index is -0.182. The lowest BCUT2D eigenvalue weighted by Crippen LogP contribution is -1.85. The fourth-order valence-electron chi connectivity index (χ4n) is 1.18. The van der Waals surface area contributed by atoms with E-state index in [9.17, 15) is 4.39 Å². The Hall–Kier alpha value is -1.15. The Labute approximate surface area is 80.7 Å². The molecule has 1 aromatic carbocycles. The summed E-state index contributed by atoms with van der Waals surface area (Å²) >= 11 is 1.56. The summed E-state index contributed by atoms with van der Waals surface area (Å²) in [6.07, 6.45) is 0.837. The number of hydrogen-bond donors (Lipinski definition) is 0. The van der Waals surface area contributed by atoms with Crippen LogP contribution in [0.1, 0.15) is 11.1 Å². The Balaban J connectivity index is 2.15. The van der Waals surface area contributed by atoms with Crippen LogP contribution in [0.4, 0.5) is 4.39 Å². The fourth-order valence-corrected chi connectivity index (χ4v) is 1.77. The molecule has 0 fully saturated rings. The van der Waals surface area contributed by atoms with Gasteiger partial charge in [-0.25, -0.2) is 4.39 Å². The van der Waals surface area contributed by atoms with Crippen molar-refractivity contribution in [3.05, 3.63) is 58.0 Å². The minimum absolute atomic E-state index is 0.182. The largest absolute Gasteiger partial charge is 0.207 e. The molecular weight excluding hydrogens is 183 g/mol. The molecule has 1 radical (unpaired) electrons. The van der Waals surface area contributed by atoms with E-state index in [0.29, 0.717) is 0 Å². The summed E-state index contributed by atoms with van der Waals surface area (Å²) in [5.41, 5.74) is 2.28. The normalized spacial score (nSPS) is 10.2. The molecule has 2 heteroatoms. The third-order valence-corrected chi connectivity index (χ3v) is 2.49. The van der Waals surface area contributed by atoms with Crippen LogP contribution in [-0.4, -0.2) is 0 Å². The van der Waals surface area contributed by atoms with E-state index in [2.05, 4.69) is 5.38 Å². The molecule has 0 aliphatic rings. The van der Waals surface area contributed by atoms with Crippen molar-refractivity contribution in [2.24, 2.45) is 0 Å². The van der Waals surface area contributed by atoms with Crippen LogP contribution in [0.5, 0.6) is 0 Å². The topological polar surface area (TPSA) is 0 Å². The Bertz CT molecular complexity index is 361. The molecule has 0 N–H and O–H groups in total. The van der Waals surface area contributed by atoms with E-state index in [1.807, 2.05) is 11.4 Å². The lowest BCUT2D eigenvalue weighted by atomic mass is 10.1. The Morgan fingerprint density at radius 3 is 2.54 bits per heavy atom. The highest BCUT2D eigenvalue weighted by atomic mass is 32.1. The molecule has 0 saturated carbocycles. The first-order valence-corrected chi connectivity index (χ1v) is 4.91. The molecule has 0 bridgehead atoms. The summed E-state index contributed by atoms with van der Waals surface area (Å²) in [6.45, 7) is 0. The predicted octanol–water partition coefficient (Wildman–Crippen LogP) is 3.28. The summed E-state index contributed by atoms with van der Waals surface area (Å²) in [4.78, 5) is 0. The summed E-state index contributed by atoms with van der Waals surface area (Å²) in [5, 5.41) is 5.15. The van der Waals surface area contributed by atoms with Gasteiger partial charge in [0, 0.05) is 5.38 Å². The standard InChI is InChI=1S/C11H8FS/c12-11-3-1-9(2-4-11)7-10-5-6-13-8-10/h1-6H,7H2. The molecule has 13 heavy (non-hydrogen) atoms. The quantitative estimate of drug-likeness (QED) is 0.683. The third-order valence-electron chi connectivity index (χ3n) is 1.84. The maximum atomic E-state index is 12.6. The van der Waals surface area contributed by atoms with Gasteiger partial charge >= 0.3 is 0 Å². The summed E-state index contributed by atoms with van der Waals surface area (Å²) in [6, 6.07) is 8.62. The first kappa shape index (κ1) is 8.45. The fraction of sp³-hybridized carbons (Fsp3) is 0.0909. The van der Waals surface area contributed by atoms with Gasteiger partial charge in [0.2, 0.25) is 0 Å². The van der Waals surface area contributed by atoms with Crippen LogP contribution in [0.25, 0.3) is 0 Å². The van der Waals surface area contributed by atoms with E-state index in [4.69, 9.17) is 0 Å². The van der Waals surface area contributed by atoms with E-state index in [-0.39, 0.29) is 5.82 Å². The van der Waals surface area contributed by atoms with Gasteiger partial charge in [-0.1, -0.05) is 12.1 Å². The van der Waals surface area contributed by atoms with Crippen LogP contribution in [-0.2, 0) is 6.42 Å². The van der Waals surface area contributed by atoms with Gasteiger partial charge in [-0.2, -0.15) is 0 Å². The van der Waals surface area contributed by atoms with Gasteiger partial charge in [-0.15, -0.1) is 11.3 Å². The van der Waals surface area contributed by atoms with E-state index in [1.165, 1.54) is 12.1 Å². The van der Waals surface area contributed by atoms with Crippen LogP contribution < -0.4 is 0 Å². The van der Waals surface area contributed by atoms with Crippen molar-refractivity contribution in [1.29, 1.82) is 0 Å². The summed E-state index contributed by atoms with van der Waals surface area (Å²) < 4.78 is 12.6. The molecule has 0 unspecified atom stereocenters. The highest BCUT2D eigenvalue weighted by Crippen LogP contribution is 2.12. The molecule has 2 aromatic rings. The van der Waals surface area contributed by atoms with Gasteiger partial charge in [0.15, 0.2) is 0 Å². The first-order valence-electron chi connectivity index (χ1n) is 4.03. The van der Waals surface area contributed by atoms with Crippen molar-refractivity contribution in [2.75, 3.05) is 0 Å². The van der Waals surface area contributed by atoms with Crippen LogP contribution in [0.2, 0.25) is 0 Å². The van der Waals surface area contributed by atoms with Crippen LogP contribution >= 0.6 is 11.3 Å². The molecule has 2 rings (SSSR count). The molecule has 0 spiro atoms. The Kier molecular flexibility index (Phi) is 2.41. The highest BCUT2D eigenvalue weighted by Gasteiger charge is 1.96. The van der Waals surface area contributed by atoms with E-state index >= 15 is 0 Å². The molecule has 0 aliphatic heterocycles. The molecular formula is C11H8FS. The van der Waals surface area contributed by atoms with Crippen molar-refractivity contribution in [3.8, 4) is 0 Å². The minimum Gasteiger partial charge on any atom is -0.207 e. The molecule has 1 heterocycles. The number of thiophene rings is 1. The molecule has 0 saturated heterocycles. The third kappa shape index (κ3) is 2.16. The van der Waals surface area contributed by atoms with Crippen molar-refractivity contribution >= 4 is 11.3 Å². The van der Waals surface area contributed by atoms with Crippen molar-refractivity contribution in [1.82, 2.24) is 0 Å². The van der Waals surface area contributed by atoms with E-state index in [0.717, 1.165) is 17.5 Å². The van der Waals surface area contributed by atoms with Gasteiger partial charge in [-0.3, -0.25) is 0 Å². The monoisotopic (exact) mass is 191 g/mol. The maximum Gasteiger partial charge on any atom is 0.123 e. The van der Waals surface area contributed by atoms with Gasteiger partial charge in [0.05, 0.1) is 0 Å². The van der Waals surface area contributed by atoms with Crippen molar-refractivity contribution in [3.63, 3.8) is 0 Å². The molecule has 0 aliphatic carbocycles. The smallest absolute Gasteiger partial charge is 0.123 e. The second-order valence-corrected chi connectivity index (χ2v) is 3.56. The number of hydrogen-bond acceptors (Lipinski definition) is 1. The zero-order chi connectivity index (χ0) is 9.10. The van der Waals surface area contributed by atoms with E-state index in [1.54, 1.807) is 23.5 Å². The molecule has 1 aromatic heterocycles. The average Bonchev–Trinajstić information content (AvgIpc) is 2.62. The SMILES string of the molecule is Fc1ccc(Cc2[c]scc2)cc1. The highest BCUT2D eigenvalue weighted by molar-refractivity contribution is 7.07. The number of benzene rings is 1. The molecule has 0 nitrogen and oxygen atoms in total. The van der Waals surface area contributed by atoms with Gasteiger partial charge in [0.1, 0.15) is 5.82 Å². The Morgan fingerprint density at radius 2 is 1.92 bits per heavy atom. The van der Waals surface area contributed by atoms with Crippen molar-refractivity contribution < 1.29 is 4.39 Å². The molecule has 65 valence electrons. The number of rotatable bonds is 2. The van der Waals surface area contributed by atoms with Crippen LogP contribution in [0.15, 0.2) is 35.7 Å². The molecule has 0 atom stereocenters. The zero-order valence-corrected chi connectivity index (χ0v) is 7.77. The summed E-state index contributed by atoms with van der Waals surface area (Å²) in [7, 11) is 0. The van der Waals surface area contributed by atoms with E-state index < -0.39 is 0 Å². The van der Waals surface area contributed by atoms with Crippen molar-refractivity contribution in [2.45, 2.75) is 6.42 Å². The first-order chi connectivity index (χ1) is 6.34. The summed E-state index contributed by atoms with van der Waals surface area (Å²) in [5.74, 6) is -0.182. The van der Waals surface area contributed by atoms with Crippen LogP contribution in [0, 0.1) is 11.2 Å². The lowest BCUT2D eigenvalue weighted by Gasteiger charge is -1.97. The zero-order valence-electron chi connectivity index (χ0n) is 6.96. The maximum absolute atomic E-state index is 12.6. The second-order valence-electron chi connectivity index (χ2n) is 2.85. The van der Waals surface area contributed by atoms with Gasteiger partial charge < -0.3 is 0 Å². The average molecular weight is 191 g/mol.